The molecule has 1 N–H and O–H groups in total. The van der Waals surface area contributed by atoms with Gasteiger partial charge in [0.15, 0.2) is 0 Å². The summed E-state index contributed by atoms with van der Waals surface area (Å²) >= 11 is 0. The third-order valence-electron chi connectivity index (χ3n) is 2.70. The second-order valence-electron chi connectivity index (χ2n) is 4.36. The molecule has 0 bridgehead atoms. The molecule has 0 unspecified atom stereocenters. The second kappa shape index (κ2) is 5.77. The van der Waals surface area contributed by atoms with Crippen molar-refractivity contribution in [2.24, 2.45) is 5.10 Å². The quantitative estimate of drug-likeness (QED) is 0.650. The van der Waals surface area contributed by atoms with Crippen LogP contribution in [0.4, 0.5) is 18.9 Å². The molecule has 0 aliphatic rings. The molecule has 2 rings (SSSR count). The summed E-state index contributed by atoms with van der Waals surface area (Å²) in [6.07, 6.45) is -2.71. The summed E-state index contributed by atoms with van der Waals surface area (Å²) in [5.41, 5.74) is 4.58. The van der Waals surface area contributed by atoms with E-state index in [2.05, 4.69) is 10.5 Å². The van der Waals surface area contributed by atoms with E-state index in [0.717, 1.165) is 23.3 Å². The highest BCUT2D eigenvalue weighted by Gasteiger charge is 2.29. The number of alkyl halides is 3. The second-order valence-corrected chi connectivity index (χ2v) is 4.36. The number of nitrogens with one attached hydrogen (secondary N) is 1. The number of nitrogens with zero attached hydrogens (tertiary/aromatic N) is 1. The highest BCUT2D eigenvalue weighted by atomic mass is 19.4. The summed E-state index contributed by atoms with van der Waals surface area (Å²) in [5, 5.41) is 3.98. The van der Waals surface area contributed by atoms with Gasteiger partial charge in [0, 0.05) is 0 Å². The maximum Gasteiger partial charge on any atom is 0.416 e. The number of halogens is 3. The van der Waals surface area contributed by atoms with Crippen molar-refractivity contribution in [1.29, 1.82) is 0 Å². The molecule has 2 nitrogen and oxygen atoms in total. The van der Waals surface area contributed by atoms with Crippen molar-refractivity contribution in [3.8, 4) is 0 Å². The Morgan fingerprint density at radius 2 is 1.55 bits per heavy atom. The molecule has 20 heavy (non-hydrogen) atoms. The van der Waals surface area contributed by atoms with Gasteiger partial charge in [-0.05, 0) is 36.8 Å². The normalized spacial score (nSPS) is 11.8. The van der Waals surface area contributed by atoms with Gasteiger partial charge in [0.1, 0.15) is 0 Å². The zero-order valence-corrected chi connectivity index (χ0v) is 10.8. The third kappa shape index (κ3) is 3.85. The van der Waals surface area contributed by atoms with E-state index in [1.165, 1.54) is 12.1 Å². The first kappa shape index (κ1) is 14.1. The number of hydrazone groups is 1. The Labute approximate surface area is 114 Å². The molecule has 5 heteroatoms. The molecule has 0 heterocycles. The number of hydrogen-bond donors (Lipinski definition) is 1. The summed E-state index contributed by atoms with van der Waals surface area (Å²) in [6.45, 7) is 1.99. The minimum atomic E-state index is -4.32. The topological polar surface area (TPSA) is 24.4 Å². The maximum atomic E-state index is 12.4. The van der Waals surface area contributed by atoms with Crippen molar-refractivity contribution in [1.82, 2.24) is 0 Å². The van der Waals surface area contributed by atoms with E-state index >= 15 is 0 Å². The standard InChI is InChI=1S/C15H13F3N2/c1-11-2-4-12(5-3-11)10-19-20-14-8-6-13(7-9-14)15(16,17)18/h2-10,20H,1H3/b19-10+. The minimum absolute atomic E-state index is 0.501. The van der Waals surface area contributed by atoms with Gasteiger partial charge in [0.2, 0.25) is 0 Å². The van der Waals surface area contributed by atoms with Gasteiger partial charge in [0.25, 0.3) is 0 Å². The van der Waals surface area contributed by atoms with Crippen LogP contribution in [0.15, 0.2) is 53.6 Å². The fourth-order valence-corrected chi connectivity index (χ4v) is 1.57. The van der Waals surface area contributed by atoms with E-state index in [-0.39, 0.29) is 0 Å². The van der Waals surface area contributed by atoms with Gasteiger partial charge in [-0.15, -0.1) is 0 Å². The molecule has 0 aliphatic carbocycles. The molecular formula is C15H13F3N2. The largest absolute Gasteiger partial charge is 0.416 e. The molecule has 0 saturated heterocycles. The SMILES string of the molecule is Cc1ccc(/C=N/Nc2ccc(C(F)(F)F)cc2)cc1. The molecule has 0 atom stereocenters. The Morgan fingerprint density at radius 3 is 2.10 bits per heavy atom. The van der Waals surface area contributed by atoms with Crippen molar-refractivity contribution in [2.75, 3.05) is 5.43 Å². The molecule has 0 fully saturated rings. The van der Waals surface area contributed by atoms with E-state index in [4.69, 9.17) is 0 Å². The van der Waals surface area contributed by atoms with Crippen molar-refractivity contribution >= 4 is 11.9 Å². The molecule has 0 aliphatic heterocycles. The lowest BCUT2D eigenvalue weighted by atomic mass is 10.2. The minimum Gasteiger partial charge on any atom is -0.279 e. The van der Waals surface area contributed by atoms with E-state index in [9.17, 15) is 13.2 Å². The van der Waals surface area contributed by atoms with E-state index in [1.807, 2.05) is 31.2 Å². The van der Waals surface area contributed by atoms with E-state index in [1.54, 1.807) is 6.21 Å². The Balaban J connectivity index is 1.99. The first-order valence-corrected chi connectivity index (χ1v) is 5.98. The van der Waals surface area contributed by atoms with E-state index in [0.29, 0.717) is 5.69 Å². The molecule has 0 spiro atoms. The number of rotatable bonds is 3. The van der Waals surface area contributed by atoms with Gasteiger partial charge in [-0.3, -0.25) is 5.43 Å². The number of anilines is 1. The zero-order valence-electron chi connectivity index (χ0n) is 10.8. The summed E-state index contributed by atoms with van der Waals surface area (Å²) in [4.78, 5) is 0. The van der Waals surface area contributed by atoms with Crippen molar-refractivity contribution < 1.29 is 13.2 Å². The highest BCUT2D eigenvalue weighted by molar-refractivity contribution is 5.80. The molecule has 0 aromatic heterocycles. The maximum absolute atomic E-state index is 12.4. The average molecular weight is 278 g/mol. The smallest absolute Gasteiger partial charge is 0.279 e. The molecule has 0 saturated carbocycles. The van der Waals surface area contributed by atoms with Crippen LogP contribution in [0.3, 0.4) is 0 Å². The highest BCUT2D eigenvalue weighted by Crippen LogP contribution is 2.29. The fraction of sp³-hybridized carbons (Fsp3) is 0.133. The van der Waals surface area contributed by atoms with Crippen LogP contribution in [0.2, 0.25) is 0 Å². The molecule has 2 aromatic carbocycles. The predicted octanol–water partition coefficient (Wildman–Crippen LogP) is 4.46. The Bertz CT molecular complexity index is 584. The monoisotopic (exact) mass is 278 g/mol. The van der Waals surface area contributed by atoms with Crippen molar-refractivity contribution in [3.63, 3.8) is 0 Å². The average Bonchev–Trinajstić information content (AvgIpc) is 2.41. The van der Waals surface area contributed by atoms with Crippen LogP contribution in [0.25, 0.3) is 0 Å². The van der Waals surface area contributed by atoms with Crippen LogP contribution in [0, 0.1) is 6.92 Å². The lowest BCUT2D eigenvalue weighted by molar-refractivity contribution is -0.137. The zero-order chi connectivity index (χ0) is 14.6. The van der Waals surface area contributed by atoms with Crippen LogP contribution < -0.4 is 5.43 Å². The van der Waals surface area contributed by atoms with Gasteiger partial charge in [-0.1, -0.05) is 29.8 Å². The van der Waals surface area contributed by atoms with Gasteiger partial charge in [0.05, 0.1) is 17.5 Å². The van der Waals surface area contributed by atoms with Crippen LogP contribution in [-0.4, -0.2) is 6.21 Å². The van der Waals surface area contributed by atoms with Gasteiger partial charge in [-0.25, -0.2) is 0 Å². The van der Waals surface area contributed by atoms with Gasteiger partial charge in [-0.2, -0.15) is 18.3 Å². The van der Waals surface area contributed by atoms with E-state index < -0.39 is 11.7 Å². The van der Waals surface area contributed by atoms with Crippen LogP contribution in [0.1, 0.15) is 16.7 Å². The summed E-state index contributed by atoms with van der Waals surface area (Å²) in [5.74, 6) is 0. The first-order valence-electron chi connectivity index (χ1n) is 5.98. The number of hydrogen-bond acceptors (Lipinski definition) is 2. The Morgan fingerprint density at radius 1 is 0.950 bits per heavy atom. The van der Waals surface area contributed by atoms with Crippen LogP contribution in [-0.2, 0) is 6.18 Å². The summed E-state index contributed by atoms with van der Waals surface area (Å²) < 4.78 is 37.1. The van der Waals surface area contributed by atoms with Crippen LogP contribution in [0.5, 0.6) is 0 Å². The summed E-state index contributed by atoms with van der Waals surface area (Å²) in [6, 6.07) is 12.5. The Kier molecular flexibility index (Phi) is 4.08. The number of benzene rings is 2. The number of aryl methyl sites for hydroxylation is 1. The molecule has 0 radical (unpaired) electrons. The summed E-state index contributed by atoms with van der Waals surface area (Å²) in [7, 11) is 0. The molecule has 104 valence electrons. The predicted molar refractivity (Wildman–Crippen MR) is 73.8 cm³/mol. The molecule has 0 amide bonds. The lowest BCUT2D eigenvalue weighted by Gasteiger charge is -2.07. The van der Waals surface area contributed by atoms with Crippen LogP contribution >= 0.6 is 0 Å². The third-order valence-corrected chi connectivity index (χ3v) is 2.70. The van der Waals surface area contributed by atoms with Crippen molar-refractivity contribution in [3.05, 3.63) is 65.2 Å². The fourth-order valence-electron chi connectivity index (χ4n) is 1.57. The van der Waals surface area contributed by atoms with Gasteiger partial charge < -0.3 is 0 Å². The molecular weight excluding hydrogens is 265 g/mol. The first-order chi connectivity index (χ1) is 9.45. The van der Waals surface area contributed by atoms with Crippen molar-refractivity contribution in [2.45, 2.75) is 13.1 Å². The van der Waals surface area contributed by atoms with Gasteiger partial charge >= 0.3 is 6.18 Å². The Hall–Kier alpha value is -2.30. The lowest BCUT2D eigenvalue weighted by Crippen LogP contribution is -2.04. The molecule has 2 aromatic rings.